The molecular weight excluding hydrogens is 136 g/mol. The minimum atomic E-state index is 0.190. The molecule has 1 nitrogen and oxygen atoms in total. The molecule has 0 heterocycles. The summed E-state index contributed by atoms with van der Waals surface area (Å²) >= 11 is 5.80. The first-order valence-electron chi connectivity index (χ1n) is 3.56. The highest BCUT2D eigenvalue weighted by Gasteiger charge is 2.00. The minimum Gasteiger partial charge on any atom is -0.396 e. The second-order valence-corrected chi connectivity index (χ2v) is 2.87. The summed E-state index contributed by atoms with van der Waals surface area (Å²) in [5, 5.41) is 8.64. The average molecular weight is 151 g/mol. The lowest BCUT2D eigenvalue weighted by molar-refractivity contribution is 0.284. The largest absolute Gasteiger partial charge is 0.396 e. The highest BCUT2D eigenvalue weighted by molar-refractivity contribution is 6.20. The van der Waals surface area contributed by atoms with Crippen molar-refractivity contribution in [1.29, 1.82) is 0 Å². The van der Waals surface area contributed by atoms with Crippen LogP contribution in [0.3, 0.4) is 0 Å². The van der Waals surface area contributed by atoms with Gasteiger partial charge in [-0.15, -0.1) is 11.6 Å². The molecule has 0 aromatic carbocycles. The van der Waals surface area contributed by atoms with E-state index >= 15 is 0 Å². The summed E-state index contributed by atoms with van der Waals surface area (Å²) < 4.78 is 0. The molecule has 0 bridgehead atoms. The molecule has 2 heteroatoms. The third-order valence-corrected chi connectivity index (χ3v) is 1.75. The molecule has 0 aliphatic rings. The highest BCUT2D eigenvalue weighted by Crippen LogP contribution is 2.09. The van der Waals surface area contributed by atoms with E-state index in [4.69, 9.17) is 16.7 Å². The zero-order valence-corrected chi connectivity index (χ0v) is 6.69. The van der Waals surface area contributed by atoms with Gasteiger partial charge in [0.25, 0.3) is 0 Å². The third-order valence-electron chi connectivity index (χ3n) is 1.31. The van der Waals surface area contributed by atoms with Crippen LogP contribution in [-0.2, 0) is 0 Å². The van der Waals surface area contributed by atoms with E-state index in [0.717, 1.165) is 12.8 Å². The Kier molecular flexibility index (Phi) is 6.55. The fourth-order valence-electron chi connectivity index (χ4n) is 0.710. The summed E-state index contributed by atoms with van der Waals surface area (Å²) in [5.74, 6) is 0. The number of unbranched alkanes of at least 4 members (excludes halogenated alkanes) is 1. The highest BCUT2D eigenvalue weighted by atomic mass is 35.5. The van der Waals surface area contributed by atoms with Gasteiger partial charge < -0.3 is 5.11 Å². The fraction of sp³-hybridized carbons (Fsp3) is 1.00. The van der Waals surface area contributed by atoms with Crippen LogP contribution in [0.5, 0.6) is 0 Å². The summed E-state index contributed by atoms with van der Waals surface area (Å²) in [4.78, 5) is 0. The Morgan fingerprint density at radius 2 is 2.11 bits per heavy atom. The molecule has 0 aromatic heterocycles. The lowest BCUT2D eigenvalue weighted by Crippen LogP contribution is -2.00. The summed E-state index contributed by atoms with van der Waals surface area (Å²) in [7, 11) is 0. The lowest BCUT2D eigenvalue weighted by Gasteiger charge is -2.04. The van der Waals surface area contributed by atoms with Crippen LogP contribution >= 0.6 is 11.6 Å². The maximum atomic E-state index is 8.45. The predicted octanol–water partition coefficient (Wildman–Crippen LogP) is 2.17. The monoisotopic (exact) mass is 150 g/mol. The van der Waals surface area contributed by atoms with Crippen LogP contribution in [0.15, 0.2) is 0 Å². The van der Waals surface area contributed by atoms with Crippen molar-refractivity contribution in [3.63, 3.8) is 0 Å². The van der Waals surface area contributed by atoms with Gasteiger partial charge >= 0.3 is 0 Å². The van der Waals surface area contributed by atoms with Crippen molar-refractivity contribution in [3.05, 3.63) is 0 Å². The van der Waals surface area contributed by atoms with Crippen LogP contribution in [0.2, 0.25) is 0 Å². The molecule has 0 radical (unpaired) electrons. The molecule has 56 valence electrons. The molecule has 1 atom stereocenters. The maximum absolute atomic E-state index is 8.45. The van der Waals surface area contributed by atoms with Crippen LogP contribution in [0, 0.1) is 0 Å². The first-order chi connectivity index (χ1) is 4.31. The minimum absolute atomic E-state index is 0.190. The molecule has 0 fully saturated rings. The zero-order valence-electron chi connectivity index (χ0n) is 5.94. The van der Waals surface area contributed by atoms with Crippen molar-refractivity contribution in [1.82, 2.24) is 0 Å². The molecule has 0 saturated heterocycles. The van der Waals surface area contributed by atoms with Gasteiger partial charge in [-0.25, -0.2) is 0 Å². The molecule has 0 rings (SSSR count). The van der Waals surface area contributed by atoms with Crippen LogP contribution in [0.1, 0.15) is 32.6 Å². The standard InChI is InChI=1S/C7H15ClO/c1-2-3-4-7(8)5-6-9/h7,9H,2-6H2,1H3. The van der Waals surface area contributed by atoms with E-state index in [0.29, 0.717) is 0 Å². The van der Waals surface area contributed by atoms with E-state index in [1.807, 2.05) is 0 Å². The molecule has 1 N–H and O–H groups in total. The van der Waals surface area contributed by atoms with Crippen LogP contribution in [0.25, 0.3) is 0 Å². The van der Waals surface area contributed by atoms with Gasteiger partial charge in [-0.05, 0) is 12.8 Å². The molecular formula is C7H15ClO. The van der Waals surface area contributed by atoms with Gasteiger partial charge in [-0.3, -0.25) is 0 Å². The quantitative estimate of drug-likeness (QED) is 0.596. The number of aliphatic hydroxyl groups excluding tert-OH is 1. The Balaban J connectivity index is 2.95. The Bertz CT molecular complexity index is 56.9. The average Bonchev–Trinajstić information content (AvgIpc) is 1.85. The van der Waals surface area contributed by atoms with E-state index < -0.39 is 0 Å². The zero-order chi connectivity index (χ0) is 7.11. The van der Waals surface area contributed by atoms with Crippen molar-refractivity contribution in [2.75, 3.05) is 6.61 Å². The number of hydrogen-bond acceptors (Lipinski definition) is 1. The van der Waals surface area contributed by atoms with Gasteiger partial charge in [-0.2, -0.15) is 0 Å². The number of rotatable bonds is 5. The summed E-state index contributed by atoms with van der Waals surface area (Å²) in [5.41, 5.74) is 0. The topological polar surface area (TPSA) is 20.2 Å². The van der Waals surface area contributed by atoms with Gasteiger partial charge in [0.15, 0.2) is 0 Å². The van der Waals surface area contributed by atoms with Crippen LogP contribution < -0.4 is 0 Å². The molecule has 0 spiro atoms. The van der Waals surface area contributed by atoms with E-state index in [1.165, 1.54) is 12.8 Å². The molecule has 0 aliphatic heterocycles. The Labute approximate surface area is 62.0 Å². The Morgan fingerprint density at radius 1 is 1.44 bits per heavy atom. The molecule has 0 aromatic rings. The van der Waals surface area contributed by atoms with Crippen molar-refractivity contribution in [2.45, 2.75) is 38.0 Å². The van der Waals surface area contributed by atoms with Gasteiger partial charge in [0.1, 0.15) is 0 Å². The van der Waals surface area contributed by atoms with Crippen LogP contribution in [-0.4, -0.2) is 17.1 Å². The molecule has 1 unspecified atom stereocenters. The molecule has 0 saturated carbocycles. The third kappa shape index (κ3) is 6.13. The van der Waals surface area contributed by atoms with E-state index in [-0.39, 0.29) is 12.0 Å². The van der Waals surface area contributed by atoms with E-state index in [2.05, 4.69) is 6.92 Å². The van der Waals surface area contributed by atoms with Crippen molar-refractivity contribution in [3.8, 4) is 0 Å². The number of alkyl halides is 1. The van der Waals surface area contributed by atoms with Crippen molar-refractivity contribution >= 4 is 11.6 Å². The lowest BCUT2D eigenvalue weighted by atomic mass is 10.1. The number of hydrogen-bond donors (Lipinski definition) is 1. The molecule has 9 heavy (non-hydrogen) atoms. The Morgan fingerprint density at radius 3 is 2.56 bits per heavy atom. The van der Waals surface area contributed by atoms with E-state index in [9.17, 15) is 0 Å². The van der Waals surface area contributed by atoms with Crippen LogP contribution in [0.4, 0.5) is 0 Å². The van der Waals surface area contributed by atoms with Gasteiger partial charge in [0.2, 0.25) is 0 Å². The summed E-state index contributed by atoms with van der Waals surface area (Å²) in [6.07, 6.45) is 4.14. The number of halogens is 1. The van der Waals surface area contributed by atoms with Crippen molar-refractivity contribution < 1.29 is 5.11 Å². The van der Waals surface area contributed by atoms with Gasteiger partial charge in [0.05, 0.1) is 0 Å². The number of aliphatic hydroxyl groups is 1. The normalized spacial score (nSPS) is 13.7. The summed E-state index contributed by atoms with van der Waals surface area (Å²) in [6, 6.07) is 0. The van der Waals surface area contributed by atoms with Gasteiger partial charge in [-0.1, -0.05) is 19.8 Å². The fourth-order valence-corrected chi connectivity index (χ4v) is 0.962. The maximum Gasteiger partial charge on any atom is 0.0445 e. The summed E-state index contributed by atoms with van der Waals surface area (Å²) in [6.45, 7) is 2.36. The second kappa shape index (κ2) is 6.37. The van der Waals surface area contributed by atoms with Gasteiger partial charge in [0, 0.05) is 12.0 Å². The first-order valence-corrected chi connectivity index (χ1v) is 3.99. The SMILES string of the molecule is CCCCC(Cl)CCO. The molecule has 0 amide bonds. The Hall–Kier alpha value is 0.250. The smallest absolute Gasteiger partial charge is 0.0445 e. The second-order valence-electron chi connectivity index (χ2n) is 2.25. The predicted molar refractivity (Wildman–Crippen MR) is 40.9 cm³/mol. The first kappa shape index (κ1) is 9.25. The molecule has 0 aliphatic carbocycles. The van der Waals surface area contributed by atoms with E-state index in [1.54, 1.807) is 0 Å². The van der Waals surface area contributed by atoms with Crippen molar-refractivity contribution in [2.24, 2.45) is 0 Å².